The Morgan fingerprint density at radius 3 is 2.67 bits per heavy atom. The molecule has 0 saturated heterocycles. The number of amides is 1. The Morgan fingerprint density at radius 1 is 1.33 bits per heavy atom. The summed E-state index contributed by atoms with van der Waals surface area (Å²) in [4.78, 5) is 25.4. The number of aromatic nitrogens is 1. The van der Waals surface area contributed by atoms with Crippen molar-refractivity contribution in [3.63, 3.8) is 0 Å². The maximum Gasteiger partial charge on any atom is 0.340 e. The molecule has 7 heteroatoms. The van der Waals surface area contributed by atoms with Crippen LogP contribution in [0.15, 0.2) is 0 Å². The molecule has 1 aromatic heterocycles. The number of aryl methyl sites for hydroxylation is 1. The summed E-state index contributed by atoms with van der Waals surface area (Å²) in [5.41, 5.74) is 6.67. The van der Waals surface area contributed by atoms with E-state index in [4.69, 9.17) is 5.73 Å². The van der Waals surface area contributed by atoms with Gasteiger partial charge in [0.2, 0.25) is 5.91 Å². The summed E-state index contributed by atoms with van der Waals surface area (Å²) in [7, 11) is 1.61. The topological polar surface area (TPSA) is 96.5 Å². The van der Waals surface area contributed by atoms with Gasteiger partial charge < -0.3 is 15.7 Å². The van der Waals surface area contributed by atoms with E-state index in [2.05, 4.69) is 4.37 Å². The van der Waals surface area contributed by atoms with Crippen LogP contribution in [0.3, 0.4) is 0 Å². The van der Waals surface area contributed by atoms with E-state index < -0.39 is 5.97 Å². The Kier molecular flexibility index (Phi) is 4.95. The fourth-order valence-electron chi connectivity index (χ4n) is 2.82. The lowest BCUT2D eigenvalue weighted by atomic mass is 9.94. The van der Waals surface area contributed by atoms with Gasteiger partial charge in [0, 0.05) is 13.1 Å². The molecule has 0 spiro atoms. The largest absolute Gasteiger partial charge is 0.478 e. The minimum atomic E-state index is -1.05. The standard InChI is InChI=1S/C14H21N3O3S/c1-8-11(14(19)20)13(21-16-8)17(2)12(18)9-6-4-3-5-7-10(9)15/h9-10H,3-7,15H2,1-2H3,(H,19,20). The van der Waals surface area contributed by atoms with Crippen LogP contribution in [0.25, 0.3) is 0 Å². The van der Waals surface area contributed by atoms with E-state index in [1.54, 1.807) is 14.0 Å². The van der Waals surface area contributed by atoms with Crippen molar-refractivity contribution in [2.24, 2.45) is 11.7 Å². The third kappa shape index (κ3) is 3.24. The van der Waals surface area contributed by atoms with Crippen molar-refractivity contribution in [3.05, 3.63) is 11.3 Å². The van der Waals surface area contributed by atoms with Gasteiger partial charge in [-0.2, -0.15) is 4.37 Å². The monoisotopic (exact) mass is 311 g/mol. The molecule has 0 radical (unpaired) electrons. The molecule has 21 heavy (non-hydrogen) atoms. The number of rotatable bonds is 3. The first kappa shape index (κ1) is 15.9. The molecule has 1 aliphatic rings. The molecule has 1 saturated carbocycles. The van der Waals surface area contributed by atoms with Gasteiger partial charge in [-0.1, -0.05) is 19.3 Å². The number of carbonyl (C=O) groups is 2. The van der Waals surface area contributed by atoms with Crippen molar-refractivity contribution in [1.82, 2.24) is 4.37 Å². The van der Waals surface area contributed by atoms with Gasteiger partial charge in [0.1, 0.15) is 10.6 Å². The van der Waals surface area contributed by atoms with Gasteiger partial charge in [0.05, 0.1) is 11.6 Å². The Morgan fingerprint density at radius 2 is 2.00 bits per heavy atom. The first-order valence-corrected chi connectivity index (χ1v) is 7.93. The van der Waals surface area contributed by atoms with Gasteiger partial charge in [-0.05, 0) is 31.3 Å². The van der Waals surface area contributed by atoms with Crippen LogP contribution in [-0.4, -0.2) is 34.4 Å². The van der Waals surface area contributed by atoms with E-state index in [9.17, 15) is 14.7 Å². The highest BCUT2D eigenvalue weighted by molar-refractivity contribution is 7.11. The number of nitrogens with zero attached hydrogens (tertiary/aromatic N) is 2. The van der Waals surface area contributed by atoms with Crippen molar-refractivity contribution in [1.29, 1.82) is 0 Å². The van der Waals surface area contributed by atoms with Crippen molar-refractivity contribution < 1.29 is 14.7 Å². The number of aromatic carboxylic acids is 1. The van der Waals surface area contributed by atoms with Crippen LogP contribution in [0.5, 0.6) is 0 Å². The van der Waals surface area contributed by atoms with Gasteiger partial charge in [-0.25, -0.2) is 4.79 Å². The maximum atomic E-state index is 12.7. The van der Waals surface area contributed by atoms with Crippen molar-refractivity contribution >= 4 is 28.4 Å². The summed E-state index contributed by atoms with van der Waals surface area (Å²) in [6.45, 7) is 1.64. The van der Waals surface area contributed by atoms with Crippen LogP contribution in [-0.2, 0) is 4.79 Å². The average Bonchev–Trinajstić information content (AvgIpc) is 2.69. The Labute approximate surface area is 128 Å². The fourth-order valence-corrected chi connectivity index (χ4v) is 3.68. The van der Waals surface area contributed by atoms with Gasteiger partial charge in [0.15, 0.2) is 0 Å². The number of nitrogens with two attached hydrogens (primary N) is 1. The molecule has 2 rings (SSSR count). The highest BCUT2D eigenvalue weighted by atomic mass is 32.1. The van der Waals surface area contributed by atoms with Crippen molar-refractivity contribution in [3.8, 4) is 0 Å². The maximum absolute atomic E-state index is 12.7. The second-order valence-electron chi connectivity index (χ2n) is 5.56. The molecule has 1 amide bonds. The molecule has 0 aliphatic heterocycles. The number of hydrogen-bond donors (Lipinski definition) is 2. The lowest BCUT2D eigenvalue weighted by Crippen LogP contribution is -2.42. The van der Waals surface area contributed by atoms with Crippen LogP contribution in [0.1, 0.15) is 48.2 Å². The van der Waals surface area contributed by atoms with Crippen molar-refractivity contribution in [2.75, 3.05) is 11.9 Å². The predicted octanol–water partition coefficient (Wildman–Crippen LogP) is 2.02. The molecule has 6 nitrogen and oxygen atoms in total. The number of carboxylic acids is 1. The lowest BCUT2D eigenvalue weighted by Gasteiger charge is -2.25. The van der Waals surface area contributed by atoms with Gasteiger partial charge >= 0.3 is 5.97 Å². The zero-order chi connectivity index (χ0) is 15.6. The third-order valence-corrected chi connectivity index (χ3v) is 5.10. The fraction of sp³-hybridized carbons (Fsp3) is 0.643. The van der Waals surface area contributed by atoms with E-state index in [0.717, 1.165) is 43.6 Å². The zero-order valence-electron chi connectivity index (χ0n) is 12.3. The minimum absolute atomic E-state index is 0.101. The smallest absolute Gasteiger partial charge is 0.340 e. The van der Waals surface area contributed by atoms with Gasteiger partial charge in [0.25, 0.3) is 0 Å². The zero-order valence-corrected chi connectivity index (χ0v) is 13.2. The summed E-state index contributed by atoms with van der Waals surface area (Å²) >= 11 is 1.04. The SMILES string of the molecule is Cc1nsc(N(C)C(=O)C2CCCCCC2N)c1C(=O)O. The molecule has 1 heterocycles. The second kappa shape index (κ2) is 6.53. The third-order valence-electron chi connectivity index (χ3n) is 4.08. The van der Waals surface area contributed by atoms with Crippen LogP contribution in [0.2, 0.25) is 0 Å². The summed E-state index contributed by atoms with van der Waals surface area (Å²) in [6, 6.07) is -0.148. The summed E-state index contributed by atoms with van der Waals surface area (Å²) in [5.74, 6) is -1.39. The second-order valence-corrected chi connectivity index (χ2v) is 6.31. The summed E-state index contributed by atoms with van der Waals surface area (Å²) in [5, 5.41) is 9.67. The highest BCUT2D eigenvalue weighted by Gasteiger charge is 2.32. The van der Waals surface area contributed by atoms with Crippen LogP contribution in [0.4, 0.5) is 5.00 Å². The Balaban J connectivity index is 2.24. The van der Waals surface area contributed by atoms with E-state index in [-0.39, 0.29) is 23.4 Å². The van der Waals surface area contributed by atoms with E-state index >= 15 is 0 Å². The molecule has 2 unspecified atom stereocenters. The van der Waals surface area contributed by atoms with Crippen molar-refractivity contribution in [2.45, 2.75) is 45.1 Å². The first-order chi connectivity index (χ1) is 9.93. The molecule has 2 atom stereocenters. The number of hydrogen-bond acceptors (Lipinski definition) is 5. The molecular weight excluding hydrogens is 290 g/mol. The number of anilines is 1. The van der Waals surface area contributed by atoms with E-state index in [1.165, 1.54) is 4.90 Å². The number of carbonyl (C=O) groups excluding carboxylic acids is 1. The normalized spacial score (nSPS) is 22.6. The highest BCUT2D eigenvalue weighted by Crippen LogP contribution is 2.31. The molecule has 3 N–H and O–H groups in total. The van der Waals surface area contributed by atoms with Crippen LogP contribution < -0.4 is 10.6 Å². The summed E-state index contributed by atoms with van der Waals surface area (Å²) < 4.78 is 4.06. The molecule has 0 aromatic carbocycles. The number of carboxylic acid groups (broad SMARTS) is 1. The van der Waals surface area contributed by atoms with Gasteiger partial charge in [-0.3, -0.25) is 4.79 Å². The molecule has 1 aliphatic carbocycles. The Hall–Kier alpha value is -1.47. The van der Waals surface area contributed by atoms with E-state index in [0.29, 0.717) is 10.7 Å². The lowest BCUT2D eigenvalue weighted by molar-refractivity contribution is -0.122. The van der Waals surface area contributed by atoms with Gasteiger partial charge in [-0.15, -0.1) is 0 Å². The predicted molar refractivity (Wildman–Crippen MR) is 81.8 cm³/mol. The molecule has 0 bridgehead atoms. The molecule has 1 fully saturated rings. The minimum Gasteiger partial charge on any atom is -0.478 e. The first-order valence-electron chi connectivity index (χ1n) is 7.16. The van der Waals surface area contributed by atoms with Crippen LogP contribution >= 0.6 is 11.5 Å². The van der Waals surface area contributed by atoms with Crippen LogP contribution in [0, 0.1) is 12.8 Å². The van der Waals surface area contributed by atoms with E-state index in [1.807, 2.05) is 0 Å². The quantitative estimate of drug-likeness (QED) is 0.832. The summed E-state index contributed by atoms with van der Waals surface area (Å²) in [6.07, 6.45) is 4.75. The molecular formula is C14H21N3O3S. The molecule has 116 valence electrons. The Bertz CT molecular complexity index is 544. The molecule has 1 aromatic rings. The average molecular weight is 311 g/mol.